The molecule has 0 spiro atoms. The van der Waals surface area contributed by atoms with Crippen molar-refractivity contribution in [2.24, 2.45) is 5.92 Å². The first-order valence-electron chi connectivity index (χ1n) is 8.33. The highest BCUT2D eigenvalue weighted by atomic mass is 16.6. The van der Waals surface area contributed by atoms with E-state index < -0.39 is 10.9 Å². The average Bonchev–Trinajstić information content (AvgIpc) is 2.62. The van der Waals surface area contributed by atoms with Gasteiger partial charge in [-0.1, -0.05) is 30.3 Å². The van der Waals surface area contributed by atoms with Gasteiger partial charge in [0.15, 0.2) is 0 Å². The van der Waals surface area contributed by atoms with Gasteiger partial charge in [-0.2, -0.15) is 0 Å². The molecule has 0 N–H and O–H groups in total. The van der Waals surface area contributed by atoms with E-state index in [1.54, 1.807) is 0 Å². The molecule has 130 valence electrons. The number of anilines is 1. The molecule has 6 heteroatoms. The number of rotatable bonds is 5. The van der Waals surface area contributed by atoms with E-state index >= 15 is 0 Å². The number of nitrogens with zero attached hydrogens (tertiary/aromatic N) is 2. The number of nitro benzene ring substituents is 1. The SMILES string of the molecule is O=C([O-])c1cc([N+](=O)[O-])ccc1N1CCC(Cc2ccccc2)CC1. The van der Waals surface area contributed by atoms with Gasteiger partial charge in [-0.25, -0.2) is 0 Å². The Morgan fingerprint density at radius 2 is 1.80 bits per heavy atom. The highest BCUT2D eigenvalue weighted by Crippen LogP contribution is 2.30. The topological polar surface area (TPSA) is 86.5 Å². The van der Waals surface area contributed by atoms with Crippen molar-refractivity contribution in [1.82, 2.24) is 0 Å². The van der Waals surface area contributed by atoms with Crippen molar-refractivity contribution in [2.75, 3.05) is 18.0 Å². The van der Waals surface area contributed by atoms with Crippen LogP contribution in [0.3, 0.4) is 0 Å². The minimum atomic E-state index is -1.38. The van der Waals surface area contributed by atoms with Crippen LogP contribution >= 0.6 is 0 Å². The summed E-state index contributed by atoms with van der Waals surface area (Å²) in [5.74, 6) is -0.826. The second kappa shape index (κ2) is 7.34. The van der Waals surface area contributed by atoms with Gasteiger partial charge >= 0.3 is 0 Å². The van der Waals surface area contributed by atoms with Crippen LogP contribution in [0, 0.1) is 16.0 Å². The van der Waals surface area contributed by atoms with Crippen LogP contribution in [0.4, 0.5) is 11.4 Å². The van der Waals surface area contributed by atoms with E-state index in [1.807, 2.05) is 23.1 Å². The van der Waals surface area contributed by atoms with Crippen molar-refractivity contribution < 1.29 is 14.8 Å². The van der Waals surface area contributed by atoms with Crippen LogP contribution in [0.5, 0.6) is 0 Å². The molecular formula is C19H19N2O4-. The normalized spacial score (nSPS) is 15.1. The van der Waals surface area contributed by atoms with Gasteiger partial charge in [-0.15, -0.1) is 0 Å². The summed E-state index contributed by atoms with van der Waals surface area (Å²) in [5.41, 5.74) is 1.47. The van der Waals surface area contributed by atoms with Crippen LogP contribution < -0.4 is 10.0 Å². The monoisotopic (exact) mass is 339 g/mol. The van der Waals surface area contributed by atoms with E-state index in [0.29, 0.717) is 11.6 Å². The minimum absolute atomic E-state index is 0.115. The number of nitro groups is 1. The first-order valence-corrected chi connectivity index (χ1v) is 8.33. The first kappa shape index (κ1) is 17.0. The predicted molar refractivity (Wildman–Crippen MR) is 92.5 cm³/mol. The number of aromatic carboxylic acids is 1. The molecule has 0 bridgehead atoms. The maximum atomic E-state index is 11.4. The Kier molecular flexibility index (Phi) is 4.97. The molecule has 1 heterocycles. The van der Waals surface area contributed by atoms with E-state index in [2.05, 4.69) is 12.1 Å². The van der Waals surface area contributed by atoms with Crippen molar-refractivity contribution in [3.63, 3.8) is 0 Å². The summed E-state index contributed by atoms with van der Waals surface area (Å²) in [6, 6.07) is 14.3. The highest BCUT2D eigenvalue weighted by Gasteiger charge is 2.22. The summed E-state index contributed by atoms with van der Waals surface area (Å²) in [6.07, 6.45) is 2.93. The largest absolute Gasteiger partial charge is 0.545 e. The maximum Gasteiger partial charge on any atom is 0.270 e. The Balaban J connectivity index is 1.70. The van der Waals surface area contributed by atoms with Gasteiger partial charge in [-0.3, -0.25) is 10.1 Å². The third-order valence-electron chi connectivity index (χ3n) is 4.73. The molecule has 1 aliphatic heterocycles. The van der Waals surface area contributed by atoms with Gasteiger partial charge in [-0.05, 0) is 36.8 Å². The number of hydrogen-bond acceptors (Lipinski definition) is 5. The Bertz CT molecular complexity index is 768. The lowest BCUT2D eigenvalue weighted by molar-refractivity contribution is -0.385. The Morgan fingerprint density at radius 1 is 1.12 bits per heavy atom. The summed E-state index contributed by atoms with van der Waals surface area (Å²) < 4.78 is 0. The van der Waals surface area contributed by atoms with Crippen molar-refractivity contribution in [1.29, 1.82) is 0 Å². The number of hydrogen-bond donors (Lipinski definition) is 0. The van der Waals surface area contributed by atoms with Crippen LogP contribution in [0.1, 0.15) is 28.8 Å². The van der Waals surface area contributed by atoms with Crippen molar-refractivity contribution in [3.05, 3.63) is 69.8 Å². The molecule has 0 saturated carbocycles. The number of piperidine rings is 1. The molecule has 0 atom stereocenters. The molecule has 0 aliphatic carbocycles. The molecule has 25 heavy (non-hydrogen) atoms. The molecule has 3 rings (SSSR count). The van der Waals surface area contributed by atoms with Gasteiger partial charge in [0.05, 0.1) is 10.9 Å². The number of benzene rings is 2. The molecule has 6 nitrogen and oxygen atoms in total. The average molecular weight is 339 g/mol. The van der Waals surface area contributed by atoms with Gasteiger partial charge in [0.2, 0.25) is 0 Å². The van der Waals surface area contributed by atoms with Crippen LogP contribution in [0.15, 0.2) is 48.5 Å². The molecule has 1 fully saturated rings. The highest BCUT2D eigenvalue weighted by molar-refractivity contribution is 5.94. The number of carboxylic acids is 1. The predicted octanol–water partition coefficient (Wildman–Crippen LogP) is 2.42. The maximum absolute atomic E-state index is 11.4. The number of carboxylic acid groups (broad SMARTS) is 1. The summed E-state index contributed by atoms with van der Waals surface area (Å²) in [5, 5.41) is 22.2. The van der Waals surface area contributed by atoms with Gasteiger partial charge < -0.3 is 14.8 Å². The molecular weight excluding hydrogens is 320 g/mol. The quantitative estimate of drug-likeness (QED) is 0.617. The molecule has 0 aromatic heterocycles. The van der Waals surface area contributed by atoms with E-state index in [0.717, 1.165) is 38.4 Å². The standard InChI is InChI=1S/C19H20N2O4/c22-19(23)17-13-16(21(24)25)6-7-18(17)20-10-8-15(9-11-20)12-14-4-2-1-3-5-14/h1-7,13,15H,8-12H2,(H,22,23)/p-1. The molecule has 0 amide bonds. The first-order chi connectivity index (χ1) is 12.0. The smallest absolute Gasteiger partial charge is 0.270 e. The van der Waals surface area contributed by atoms with Crippen LogP contribution in [0.2, 0.25) is 0 Å². The fourth-order valence-electron chi connectivity index (χ4n) is 3.40. The van der Waals surface area contributed by atoms with Gasteiger partial charge in [0, 0.05) is 36.5 Å². The summed E-state index contributed by atoms with van der Waals surface area (Å²) >= 11 is 0. The van der Waals surface area contributed by atoms with E-state index in [1.165, 1.54) is 17.7 Å². The lowest BCUT2D eigenvalue weighted by atomic mass is 9.90. The van der Waals surface area contributed by atoms with E-state index in [-0.39, 0.29) is 11.3 Å². The molecule has 0 unspecified atom stereocenters. The van der Waals surface area contributed by atoms with E-state index in [4.69, 9.17) is 0 Å². The molecule has 1 saturated heterocycles. The third kappa shape index (κ3) is 3.96. The zero-order chi connectivity index (χ0) is 17.8. The number of non-ortho nitro benzene ring substituents is 1. The fraction of sp³-hybridized carbons (Fsp3) is 0.316. The van der Waals surface area contributed by atoms with Crippen molar-refractivity contribution in [3.8, 4) is 0 Å². The van der Waals surface area contributed by atoms with E-state index in [9.17, 15) is 20.0 Å². The van der Waals surface area contributed by atoms with Crippen molar-refractivity contribution in [2.45, 2.75) is 19.3 Å². The van der Waals surface area contributed by atoms with Crippen LogP contribution in [-0.4, -0.2) is 24.0 Å². The minimum Gasteiger partial charge on any atom is -0.545 e. The third-order valence-corrected chi connectivity index (χ3v) is 4.73. The molecule has 2 aromatic rings. The summed E-state index contributed by atoms with van der Waals surface area (Å²) in [7, 11) is 0. The van der Waals surface area contributed by atoms with Gasteiger partial charge in [0.25, 0.3) is 5.69 Å². The number of carbonyl (C=O) groups is 1. The van der Waals surface area contributed by atoms with Gasteiger partial charge in [0.1, 0.15) is 0 Å². The van der Waals surface area contributed by atoms with Crippen LogP contribution in [-0.2, 0) is 6.42 Å². The van der Waals surface area contributed by atoms with Crippen molar-refractivity contribution >= 4 is 17.3 Å². The zero-order valence-corrected chi connectivity index (χ0v) is 13.8. The lowest BCUT2D eigenvalue weighted by Gasteiger charge is -2.35. The zero-order valence-electron chi connectivity index (χ0n) is 13.8. The fourth-order valence-corrected chi connectivity index (χ4v) is 3.40. The lowest BCUT2D eigenvalue weighted by Crippen LogP contribution is -2.36. The summed E-state index contributed by atoms with van der Waals surface area (Å²) in [4.78, 5) is 23.6. The second-order valence-electron chi connectivity index (χ2n) is 6.37. The van der Waals surface area contributed by atoms with Crippen LogP contribution in [0.25, 0.3) is 0 Å². The molecule has 0 radical (unpaired) electrons. The molecule has 2 aromatic carbocycles. The number of carbonyl (C=O) groups excluding carboxylic acids is 1. The Hall–Kier alpha value is -2.89. The summed E-state index contributed by atoms with van der Waals surface area (Å²) in [6.45, 7) is 1.46. The Morgan fingerprint density at radius 3 is 2.40 bits per heavy atom. The Labute approximate surface area is 145 Å². The second-order valence-corrected chi connectivity index (χ2v) is 6.37. The molecule has 1 aliphatic rings.